The van der Waals surface area contributed by atoms with Gasteiger partial charge in [0.2, 0.25) is 0 Å². The van der Waals surface area contributed by atoms with Gasteiger partial charge in [0.1, 0.15) is 5.52 Å². The number of fused-ring (bicyclic) bond motifs is 1. The molecule has 3 unspecified atom stereocenters. The third-order valence-electron chi connectivity index (χ3n) is 3.38. The standard InChI is InChI=1S/C14H16BrNO2/c1-9-6-7-12(17-9)10(15)8-14-16-11-4-2-3-5-13(11)18-14/h2-5,9-10,12H,6-8H2,1H3. The average Bonchev–Trinajstić information content (AvgIpc) is 2.94. The number of aromatic nitrogens is 1. The maximum atomic E-state index is 5.85. The van der Waals surface area contributed by atoms with Crippen molar-refractivity contribution in [2.75, 3.05) is 0 Å². The quantitative estimate of drug-likeness (QED) is 0.811. The Bertz CT molecular complexity index is 506. The molecule has 1 aliphatic rings. The molecule has 0 aliphatic carbocycles. The molecule has 0 spiro atoms. The monoisotopic (exact) mass is 309 g/mol. The van der Waals surface area contributed by atoms with Gasteiger partial charge in [0.25, 0.3) is 0 Å². The number of oxazole rings is 1. The predicted molar refractivity (Wildman–Crippen MR) is 74.0 cm³/mol. The van der Waals surface area contributed by atoms with Crippen LogP contribution in [0.1, 0.15) is 25.7 Å². The van der Waals surface area contributed by atoms with Crippen molar-refractivity contribution in [3.8, 4) is 0 Å². The molecule has 0 radical (unpaired) electrons. The predicted octanol–water partition coefficient (Wildman–Crippen LogP) is 3.70. The molecule has 1 fully saturated rings. The number of ether oxygens (including phenoxy) is 1. The van der Waals surface area contributed by atoms with Crippen LogP contribution in [-0.4, -0.2) is 22.0 Å². The molecule has 0 N–H and O–H groups in total. The summed E-state index contributed by atoms with van der Waals surface area (Å²) in [5.74, 6) is 0.779. The number of benzene rings is 1. The first kappa shape index (κ1) is 12.2. The number of para-hydroxylation sites is 2. The lowest BCUT2D eigenvalue weighted by Gasteiger charge is -2.16. The zero-order valence-corrected chi connectivity index (χ0v) is 11.9. The van der Waals surface area contributed by atoms with E-state index in [9.17, 15) is 0 Å². The van der Waals surface area contributed by atoms with Gasteiger partial charge in [-0.1, -0.05) is 28.1 Å². The summed E-state index contributed by atoms with van der Waals surface area (Å²) in [5.41, 5.74) is 1.78. The summed E-state index contributed by atoms with van der Waals surface area (Å²) in [7, 11) is 0. The smallest absolute Gasteiger partial charge is 0.196 e. The molecular formula is C14H16BrNO2. The first-order valence-electron chi connectivity index (χ1n) is 6.36. The van der Waals surface area contributed by atoms with Crippen molar-refractivity contribution in [1.82, 2.24) is 4.98 Å². The van der Waals surface area contributed by atoms with Crippen LogP contribution in [0.25, 0.3) is 11.1 Å². The highest BCUT2D eigenvalue weighted by Gasteiger charge is 2.29. The number of hydrogen-bond donors (Lipinski definition) is 0. The van der Waals surface area contributed by atoms with E-state index < -0.39 is 0 Å². The van der Waals surface area contributed by atoms with Gasteiger partial charge in [0.05, 0.1) is 12.2 Å². The maximum absolute atomic E-state index is 5.85. The van der Waals surface area contributed by atoms with Crippen LogP contribution in [0, 0.1) is 0 Å². The second-order valence-electron chi connectivity index (χ2n) is 4.86. The number of rotatable bonds is 3. The highest BCUT2D eigenvalue weighted by molar-refractivity contribution is 9.09. The SMILES string of the molecule is CC1CCC(C(Br)Cc2nc3ccccc3o2)O1. The molecule has 1 aromatic heterocycles. The Morgan fingerprint density at radius 2 is 2.22 bits per heavy atom. The zero-order chi connectivity index (χ0) is 12.5. The Morgan fingerprint density at radius 1 is 1.39 bits per heavy atom. The van der Waals surface area contributed by atoms with Crippen LogP contribution < -0.4 is 0 Å². The molecule has 2 aromatic rings. The first-order chi connectivity index (χ1) is 8.72. The molecule has 1 saturated heterocycles. The fourth-order valence-electron chi connectivity index (χ4n) is 2.41. The Morgan fingerprint density at radius 3 is 2.94 bits per heavy atom. The molecule has 96 valence electrons. The highest BCUT2D eigenvalue weighted by Crippen LogP contribution is 2.28. The Balaban J connectivity index is 1.71. The minimum Gasteiger partial charge on any atom is -0.441 e. The number of hydrogen-bond acceptors (Lipinski definition) is 3. The number of alkyl halides is 1. The zero-order valence-electron chi connectivity index (χ0n) is 10.3. The molecule has 2 heterocycles. The van der Waals surface area contributed by atoms with Crippen molar-refractivity contribution >= 4 is 27.0 Å². The third-order valence-corrected chi connectivity index (χ3v) is 4.29. The summed E-state index contributed by atoms with van der Waals surface area (Å²) in [6.45, 7) is 2.12. The van der Waals surface area contributed by atoms with Crippen molar-refractivity contribution in [3.05, 3.63) is 30.2 Å². The largest absolute Gasteiger partial charge is 0.441 e. The van der Waals surface area contributed by atoms with Crippen LogP contribution in [0.15, 0.2) is 28.7 Å². The van der Waals surface area contributed by atoms with Crippen molar-refractivity contribution in [2.45, 2.75) is 43.2 Å². The van der Waals surface area contributed by atoms with E-state index >= 15 is 0 Å². The van der Waals surface area contributed by atoms with Crippen LogP contribution in [0.2, 0.25) is 0 Å². The van der Waals surface area contributed by atoms with Gasteiger partial charge >= 0.3 is 0 Å². The summed E-state index contributed by atoms with van der Waals surface area (Å²) < 4.78 is 11.6. The van der Waals surface area contributed by atoms with Crippen LogP contribution in [0.3, 0.4) is 0 Å². The number of halogens is 1. The minimum absolute atomic E-state index is 0.273. The molecule has 4 heteroatoms. The van der Waals surface area contributed by atoms with Gasteiger partial charge in [-0.05, 0) is 31.9 Å². The molecule has 0 saturated carbocycles. The van der Waals surface area contributed by atoms with E-state index in [1.807, 2.05) is 24.3 Å². The van der Waals surface area contributed by atoms with E-state index in [0.717, 1.165) is 36.3 Å². The highest BCUT2D eigenvalue weighted by atomic mass is 79.9. The molecule has 3 nitrogen and oxygen atoms in total. The Labute approximate surface area is 115 Å². The van der Waals surface area contributed by atoms with Crippen molar-refractivity contribution in [2.24, 2.45) is 0 Å². The van der Waals surface area contributed by atoms with Gasteiger partial charge in [-0.25, -0.2) is 4.98 Å². The van der Waals surface area contributed by atoms with E-state index in [1.165, 1.54) is 0 Å². The van der Waals surface area contributed by atoms with Gasteiger partial charge < -0.3 is 9.15 Å². The van der Waals surface area contributed by atoms with E-state index in [-0.39, 0.29) is 10.9 Å². The maximum Gasteiger partial charge on any atom is 0.196 e. The van der Waals surface area contributed by atoms with Gasteiger partial charge in [-0.2, -0.15) is 0 Å². The summed E-state index contributed by atoms with van der Waals surface area (Å²) in [6, 6.07) is 7.86. The molecule has 0 amide bonds. The lowest BCUT2D eigenvalue weighted by Crippen LogP contribution is -2.22. The van der Waals surface area contributed by atoms with Gasteiger partial charge in [0.15, 0.2) is 11.5 Å². The molecule has 0 bridgehead atoms. The van der Waals surface area contributed by atoms with Crippen molar-refractivity contribution < 1.29 is 9.15 Å². The second kappa shape index (κ2) is 5.02. The second-order valence-corrected chi connectivity index (χ2v) is 6.03. The van der Waals surface area contributed by atoms with E-state index in [0.29, 0.717) is 6.10 Å². The summed E-state index contributed by atoms with van der Waals surface area (Å²) in [5, 5.41) is 0. The minimum atomic E-state index is 0.273. The molecular weight excluding hydrogens is 294 g/mol. The van der Waals surface area contributed by atoms with Crippen LogP contribution in [0.5, 0.6) is 0 Å². The van der Waals surface area contributed by atoms with Crippen molar-refractivity contribution in [1.29, 1.82) is 0 Å². The first-order valence-corrected chi connectivity index (χ1v) is 7.28. The normalized spacial score (nSPS) is 25.7. The van der Waals surface area contributed by atoms with E-state index in [2.05, 4.69) is 27.8 Å². The number of nitrogens with zero attached hydrogens (tertiary/aromatic N) is 1. The molecule has 3 atom stereocenters. The van der Waals surface area contributed by atoms with E-state index in [1.54, 1.807) is 0 Å². The lowest BCUT2D eigenvalue weighted by atomic mass is 10.1. The summed E-state index contributed by atoms with van der Waals surface area (Å²) >= 11 is 3.70. The van der Waals surface area contributed by atoms with E-state index in [4.69, 9.17) is 9.15 Å². The van der Waals surface area contributed by atoms with Gasteiger partial charge in [-0.15, -0.1) is 0 Å². The van der Waals surface area contributed by atoms with Crippen LogP contribution >= 0.6 is 15.9 Å². The van der Waals surface area contributed by atoms with Crippen LogP contribution in [-0.2, 0) is 11.2 Å². The Kier molecular flexibility index (Phi) is 3.39. The molecule has 1 aromatic carbocycles. The fourth-order valence-corrected chi connectivity index (χ4v) is 3.07. The molecule has 3 rings (SSSR count). The Hall–Kier alpha value is -0.870. The van der Waals surface area contributed by atoms with Gasteiger partial charge in [-0.3, -0.25) is 0 Å². The summed E-state index contributed by atoms with van der Waals surface area (Å²) in [4.78, 5) is 4.76. The summed E-state index contributed by atoms with van der Waals surface area (Å²) in [6.07, 6.45) is 3.66. The molecule has 1 aliphatic heterocycles. The average molecular weight is 310 g/mol. The molecule has 18 heavy (non-hydrogen) atoms. The fraction of sp³-hybridized carbons (Fsp3) is 0.500. The van der Waals surface area contributed by atoms with Gasteiger partial charge in [0, 0.05) is 11.2 Å². The third kappa shape index (κ3) is 2.45. The van der Waals surface area contributed by atoms with Crippen LogP contribution in [0.4, 0.5) is 0 Å². The lowest BCUT2D eigenvalue weighted by molar-refractivity contribution is 0.0550. The van der Waals surface area contributed by atoms with Crippen molar-refractivity contribution in [3.63, 3.8) is 0 Å². The topological polar surface area (TPSA) is 35.3 Å².